The number of methoxy groups -OCH3 is 1. The molecule has 4 heteroatoms. The van der Waals surface area contributed by atoms with E-state index in [0.29, 0.717) is 11.4 Å². The van der Waals surface area contributed by atoms with Gasteiger partial charge in [0.15, 0.2) is 0 Å². The smallest absolute Gasteiger partial charge is 0.0595 e. The van der Waals surface area contributed by atoms with Crippen LogP contribution in [0.3, 0.4) is 0 Å². The monoisotopic (exact) mass is 258 g/mol. The van der Waals surface area contributed by atoms with Crippen molar-refractivity contribution in [1.29, 1.82) is 0 Å². The number of hydrogen-bond donors (Lipinski definition) is 1. The van der Waals surface area contributed by atoms with Crippen molar-refractivity contribution in [2.24, 2.45) is 5.73 Å². The maximum Gasteiger partial charge on any atom is 0.0595 e. The molecule has 0 bridgehead atoms. The molecule has 0 aliphatic carbocycles. The summed E-state index contributed by atoms with van der Waals surface area (Å²) in [5, 5.41) is 0.667. The van der Waals surface area contributed by atoms with E-state index in [1.54, 1.807) is 0 Å². The SMILES string of the molecule is COC1CCN(C2(CN)CCCSC2C)CC1. The van der Waals surface area contributed by atoms with E-state index in [-0.39, 0.29) is 5.54 Å². The molecule has 2 aliphatic heterocycles. The summed E-state index contributed by atoms with van der Waals surface area (Å²) in [6.45, 7) is 5.47. The van der Waals surface area contributed by atoms with Crippen LogP contribution in [-0.2, 0) is 4.74 Å². The number of nitrogens with two attached hydrogens (primary N) is 1. The summed E-state index contributed by atoms with van der Waals surface area (Å²) in [6.07, 6.45) is 5.38. The summed E-state index contributed by atoms with van der Waals surface area (Å²) < 4.78 is 5.46. The molecule has 2 atom stereocenters. The van der Waals surface area contributed by atoms with Gasteiger partial charge in [0, 0.05) is 37.5 Å². The maximum atomic E-state index is 6.14. The molecule has 0 saturated carbocycles. The van der Waals surface area contributed by atoms with Gasteiger partial charge in [-0.05, 0) is 31.4 Å². The number of thioether (sulfide) groups is 1. The highest BCUT2D eigenvalue weighted by Gasteiger charge is 2.43. The second kappa shape index (κ2) is 5.91. The van der Waals surface area contributed by atoms with Crippen molar-refractivity contribution in [2.45, 2.75) is 49.5 Å². The Bertz CT molecular complexity index is 244. The molecule has 2 unspecified atom stereocenters. The number of ether oxygens (including phenoxy) is 1. The Labute approximate surface area is 109 Å². The van der Waals surface area contributed by atoms with Crippen LogP contribution < -0.4 is 5.73 Å². The van der Waals surface area contributed by atoms with E-state index >= 15 is 0 Å². The lowest BCUT2D eigenvalue weighted by molar-refractivity contribution is -0.00607. The normalized spacial score (nSPS) is 37.2. The zero-order valence-electron chi connectivity index (χ0n) is 11.2. The maximum absolute atomic E-state index is 6.14. The summed E-state index contributed by atoms with van der Waals surface area (Å²) in [5.74, 6) is 1.30. The summed E-state index contributed by atoms with van der Waals surface area (Å²) in [6, 6.07) is 0. The van der Waals surface area contributed by atoms with E-state index in [4.69, 9.17) is 10.5 Å². The molecule has 3 nitrogen and oxygen atoms in total. The van der Waals surface area contributed by atoms with E-state index in [1.807, 2.05) is 7.11 Å². The second-order valence-electron chi connectivity index (χ2n) is 5.35. The largest absolute Gasteiger partial charge is 0.381 e. The van der Waals surface area contributed by atoms with Crippen molar-refractivity contribution in [3.05, 3.63) is 0 Å². The van der Waals surface area contributed by atoms with Gasteiger partial charge in [-0.1, -0.05) is 6.92 Å². The third kappa shape index (κ3) is 2.65. The first-order chi connectivity index (χ1) is 8.23. The standard InChI is InChI=1S/C13H26N2OS/c1-11-13(10-14,6-3-9-17-11)15-7-4-12(16-2)5-8-15/h11-12H,3-10,14H2,1-2H3. The van der Waals surface area contributed by atoms with Crippen LogP contribution in [0.15, 0.2) is 0 Å². The van der Waals surface area contributed by atoms with Crippen LogP contribution in [0.5, 0.6) is 0 Å². The summed E-state index contributed by atoms with van der Waals surface area (Å²) >= 11 is 2.10. The van der Waals surface area contributed by atoms with Gasteiger partial charge in [-0.15, -0.1) is 0 Å². The lowest BCUT2D eigenvalue weighted by Crippen LogP contribution is -2.62. The van der Waals surface area contributed by atoms with Crippen LogP contribution in [0.4, 0.5) is 0 Å². The third-order valence-electron chi connectivity index (χ3n) is 4.64. The Morgan fingerprint density at radius 2 is 2.12 bits per heavy atom. The van der Waals surface area contributed by atoms with Gasteiger partial charge in [0.2, 0.25) is 0 Å². The number of hydrogen-bond acceptors (Lipinski definition) is 4. The zero-order chi connectivity index (χ0) is 12.3. The molecule has 0 amide bonds. The molecular formula is C13H26N2OS. The van der Waals surface area contributed by atoms with E-state index < -0.39 is 0 Å². The highest BCUT2D eigenvalue weighted by Crippen LogP contribution is 2.39. The molecule has 100 valence electrons. The van der Waals surface area contributed by atoms with Crippen LogP contribution in [0.1, 0.15) is 32.6 Å². The minimum absolute atomic E-state index is 0.252. The Balaban J connectivity index is 2.02. The molecule has 0 radical (unpaired) electrons. The molecule has 2 N–H and O–H groups in total. The van der Waals surface area contributed by atoms with E-state index in [9.17, 15) is 0 Å². The first-order valence-corrected chi connectivity index (χ1v) is 7.87. The van der Waals surface area contributed by atoms with Crippen molar-refractivity contribution in [3.8, 4) is 0 Å². The average Bonchev–Trinajstić information content (AvgIpc) is 2.40. The lowest BCUT2D eigenvalue weighted by atomic mass is 9.85. The van der Waals surface area contributed by atoms with Gasteiger partial charge in [-0.2, -0.15) is 11.8 Å². The highest BCUT2D eigenvalue weighted by molar-refractivity contribution is 8.00. The van der Waals surface area contributed by atoms with Crippen molar-refractivity contribution >= 4 is 11.8 Å². The molecule has 2 heterocycles. The van der Waals surface area contributed by atoms with Gasteiger partial charge in [0.25, 0.3) is 0 Å². The molecule has 0 aromatic heterocycles. The first-order valence-electron chi connectivity index (χ1n) is 6.82. The van der Waals surface area contributed by atoms with Gasteiger partial charge >= 0.3 is 0 Å². The van der Waals surface area contributed by atoms with E-state index in [0.717, 1.165) is 32.5 Å². The molecule has 2 rings (SSSR count). The molecule has 2 aliphatic rings. The minimum atomic E-state index is 0.252. The van der Waals surface area contributed by atoms with Gasteiger partial charge < -0.3 is 10.5 Å². The number of nitrogens with zero attached hydrogens (tertiary/aromatic N) is 1. The van der Waals surface area contributed by atoms with E-state index in [1.165, 1.54) is 18.6 Å². The summed E-state index contributed by atoms with van der Waals surface area (Å²) in [4.78, 5) is 2.65. The Morgan fingerprint density at radius 1 is 1.41 bits per heavy atom. The van der Waals surface area contributed by atoms with Crippen molar-refractivity contribution in [1.82, 2.24) is 4.90 Å². The second-order valence-corrected chi connectivity index (χ2v) is 6.80. The molecule has 0 aromatic rings. The topological polar surface area (TPSA) is 38.5 Å². The van der Waals surface area contributed by atoms with Crippen LogP contribution >= 0.6 is 11.8 Å². The Hall–Kier alpha value is 0.230. The third-order valence-corrected chi connectivity index (χ3v) is 6.10. The van der Waals surface area contributed by atoms with Crippen LogP contribution in [0.2, 0.25) is 0 Å². The minimum Gasteiger partial charge on any atom is -0.381 e. The fourth-order valence-corrected chi connectivity index (χ4v) is 4.68. The predicted molar refractivity (Wildman–Crippen MR) is 74.5 cm³/mol. The van der Waals surface area contributed by atoms with Crippen molar-refractivity contribution < 1.29 is 4.74 Å². The van der Waals surface area contributed by atoms with Gasteiger partial charge in [-0.3, -0.25) is 4.90 Å². The molecule has 2 saturated heterocycles. The number of piperidine rings is 1. The van der Waals surface area contributed by atoms with Crippen LogP contribution in [-0.4, -0.2) is 54.3 Å². The van der Waals surface area contributed by atoms with Gasteiger partial charge in [-0.25, -0.2) is 0 Å². The number of rotatable bonds is 3. The van der Waals surface area contributed by atoms with Gasteiger partial charge in [0.05, 0.1) is 6.10 Å². The lowest BCUT2D eigenvalue weighted by Gasteiger charge is -2.51. The fraction of sp³-hybridized carbons (Fsp3) is 1.00. The van der Waals surface area contributed by atoms with Crippen molar-refractivity contribution in [2.75, 3.05) is 32.5 Å². The summed E-state index contributed by atoms with van der Waals surface area (Å²) in [7, 11) is 1.83. The quantitative estimate of drug-likeness (QED) is 0.836. The van der Waals surface area contributed by atoms with Crippen molar-refractivity contribution in [3.63, 3.8) is 0 Å². The average molecular weight is 258 g/mol. The molecule has 0 spiro atoms. The first kappa shape index (κ1) is 13.7. The Morgan fingerprint density at radius 3 is 2.65 bits per heavy atom. The summed E-state index contributed by atoms with van der Waals surface area (Å²) in [5.41, 5.74) is 6.39. The molecule has 17 heavy (non-hydrogen) atoms. The zero-order valence-corrected chi connectivity index (χ0v) is 12.0. The molecule has 0 aromatic carbocycles. The van der Waals surface area contributed by atoms with Gasteiger partial charge in [0.1, 0.15) is 0 Å². The number of likely N-dealkylation sites (tertiary alicyclic amines) is 1. The molecular weight excluding hydrogens is 232 g/mol. The Kier molecular flexibility index (Phi) is 4.75. The van der Waals surface area contributed by atoms with E-state index in [2.05, 4.69) is 23.6 Å². The molecule has 2 fully saturated rings. The fourth-order valence-electron chi connectivity index (χ4n) is 3.35. The predicted octanol–water partition coefficient (Wildman–Crippen LogP) is 1.71. The van der Waals surface area contributed by atoms with Crippen LogP contribution in [0, 0.1) is 0 Å². The van der Waals surface area contributed by atoms with Crippen LogP contribution in [0.25, 0.3) is 0 Å². The highest BCUT2D eigenvalue weighted by atomic mass is 32.2.